The number of aromatic nitrogens is 2. The predicted molar refractivity (Wildman–Crippen MR) is 91.9 cm³/mol. The number of nitrogens with zero attached hydrogens (tertiary/aromatic N) is 1. The molecule has 26 heavy (non-hydrogen) atoms. The van der Waals surface area contributed by atoms with Gasteiger partial charge in [0.15, 0.2) is 6.10 Å². The van der Waals surface area contributed by atoms with E-state index in [0.717, 1.165) is 11.3 Å². The zero-order valence-corrected chi connectivity index (χ0v) is 14.3. The summed E-state index contributed by atoms with van der Waals surface area (Å²) in [5, 5.41) is 11.8. The van der Waals surface area contributed by atoms with Crippen molar-refractivity contribution < 1.29 is 23.8 Å². The maximum Gasteiger partial charge on any atom is 0.257 e. The van der Waals surface area contributed by atoms with Crippen molar-refractivity contribution in [3.63, 3.8) is 0 Å². The molecule has 9 nitrogen and oxygen atoms in total. The van der Waals surface area contributed by atoms with Crippen LogP contribution in [0.3, 0.4) is 0 Å². The number of H-pyrrole nitrogens is 1. The van der Waals surface area contributed by atoms with Gasteiger partial charge in [0.1, 0.15) is 17.1 Å². The van der Waals surface area contributed by atoms with Crippen molar-refractivity contribution in [2.45, 2.75) is 12.6 Å². The van der Waals surface area contributed by atoms with Gasteiger partial charge in [0.25, 0.3) is 11.8 Å². The van der Waals surface area contributed by atoms with Crippen LogP contribution in [0.4, 0.5) is 5.82 Å². The fraction of sp³-hybridized carbons (Fsp3) is 0.353. The lowest BCUT2D eigenvalue weighted by atomic mass is 10.2. The number of aromatic amines is 1. The summed E-state index contributed by atoms with van der Waals surface area (Å²) in [4.78, 5) is 24.6. The number of amides is 2. The smallest absolute Gasteiger partial charge is 0.257 e. The Kier molecular flexibility index (Phi) is 5.82. The number of benzene rings is 1. The largest absolute Gasteiger partial charge is 0.497 e. The maximum atomic E-state index is 12.4. The number of carbonyl (C=O) groups is 2. The van der Waals surface area contributed by atoms with Crippen molar-refractivity contribution in [3.05, 3.63) is 41.6 Å². The van der Waals surface area contributed by atoms with Crippen LogP contribution in [0, 0.1) is 0 Å². The third kappa shape index (κ3) is 4.38. The Morgan fingerprint density at radius 2 is 2.12 bits per heavy atom. The summed E-state index contributed by atoms with van der Waals surface area (Å²) in [6.45, 7) is 1.34. The molecule has 1 fully saturated rings. The van der Waals surface area contributed by atoms with E-state index < -0.39 is 12.0 Å². The zero-order valence-electron chi connectivity index (χ0n) is 14.3. The zero-order chi connectivity index (χ0) is 18.4. The van der Waals surface area contributed by atoms with Crippen LogP contribution < -0.4 is 15.4 Å². The minimum atomic E-state index is -0.706. The molecule has 9 heteroatoms. The first-order chi connectivity index (χ1) is 12.7. The second-order valence-electron chi connectivity index (χ2n) is 5.61. The minimum absolute atomic E-state index is 0.180. The normalized spacial score (nSPS) is 16.7. The Morgan fingerprint density at radius 1 is 1.31 bits per heavy atom. The van der Waals surface area contributed by atoms with E-state index in [2.05, 4.69) is 20.8 Å². The SMILES string of the molecule is COc1ccc(CNC(=O)c2cn[nH]c2NC(=O)C2COCCO2)cc1. The number of hydrogen-bond acceptors (Lipinski definition) is 6. The van der Waals surface area contributed by atoms with Gasteiger partial charge in [-0.2, -0.15) is 5.10 Å². The van der Waals surface area contributed by atoms with Crippen molar-refractivity contribution in [2.75, 3.05) is 32.2 Å². The van der Waals surface area contributed by atoms with Crippen LogP contribution in [0.15, 0.2) is 30.5 Å². The van der Waals surface area contributed by atoms with Crippen LogP contribution >= 0.6 is 0 Å². The monoisotopic (exact) mass is 360 g/mol. The van der Waals surface area contributed by atoms with E-state index in [4.69, 9.17) is 14.2 Å². The average molecular weight is 360 g/mol. The third-order valence-corrected chi connectivity index (χ3v) is 3.85. The van der Waals surface area contributed by atoms with Gasteiger partial charge in [-0.05, 0) is 17.7 Å². The Hall–Kier alpha value is -2.91. The minimum Gasteiger partial charge on any atom is -0.497 e. The molecule has 1 saturated heterocycles. The van der Waals surface area contributed by atoms with Crippen molar-refractivity contribution in [1.29, 1.82) is 0 Å². The number of hydrogen-bond donors (Lipinski definition) is 3. The number of anilines is 1. The highest BCUT2D eigenvalue weighted by molar-refractivity contribution is 6.03. The summed E-state index contributed by atoms with van der Waals surface area (Å²) in [6.07, 6.45) is 0.652. The number of carbonyl (C=O) groups excluding carboxylic acids is 2. The quantitative estimate of drug-likeness (QED) is 0.699. The molecule has 2 aromatic rings. The molecule has 3 N–H and O–H groups in total. The summed E-state index contributed by atoms with van der Waals surface area (Å²) in [6, 6.07) is 7.35. The molecule has 2 amide bonds. The summed E-state index contributed by atoms with van der Waals surface area (Å²) < 4.78 is 15.6. The first-order valence-electron chi connectivity index (χ1n) is 8.12. The van der Waals surface area contributed by atoms with Gasteiger partial charge in [0, 0.05) is 6.54 Å². The molecule has 1 unspecified atom stereocenters. The lowest BCUT2D eigenvalue weighted by Crippen LogP contribution is -2.39. The Morgan fingerprint density at radius 3 is 2.81 bits per heavy atom. The van der Waals surface area contributed by atoms with Crippen LogP contribution in [0.25, 0.3) is 0 Å². The molecule has 1 atom stereocenters. The van der Waals surface area contributed by atoms with Gasteiger partial charge >= 0.3 is 0 Å². The van der Waals surface area contributed by atoms with E-state index in [1.807, 2.05) is 24.3 Å². The predicted octanol–water partition coefficient (Wildman–Crippen LogP) is 0.702. The summed E-state index contributed by atoms with van der Waals surface area (Å²) in [5.74, 6) is 0.217. The number of rotatable bonds is 6. The molecule has 1 aliphatic rings. The van der Waals surface area contributed by atoms with Gasteiger partial charge in [-0.1, -0.05) is 12.1 Å². The molecule has 1 aromatic carbocycles. The Labute approximate surface area is 150 Å². The van der Waals surface area contributed by atoms with Gasteiger partial charge in [-0.3, -0.25) is 14.7 Å². The lowest BCUT2D eigenvalue weighted by Gasteiger charge is -2.21. The number of ether oxygens (including phenoxy) is 3. The first kappa shape index (κ1) is 17.9. The molecule has 1 aliphatic heterocycles. The molecule has 0 bridgehead atoms. The molecule has 0 radical (unpaired) electrons. The van der Waals surface area contributed by atoms with Gasteiger partial charge in [-0.25, -0.2) is 0 Å². The topological polar surface area (TPSA) is 115 Å². The number of nitrogens with one attached hydrogen (secondary N) is 3. The Balaban J connectivity index is 1.57. The average Bonchev–Trinajstić information content (AvgIpc) is 3.15. The molecular weight excluding hydrogens is 340 g/mol. The number of methoxy groups -OCH3 is 1. The molecule has 0 saturated carbocycles. The van der Waals surface area contributed by atoms with E-state index in [9.17, 15) is 9.59 Å². The van der Waals surface area contributed by atoms with Crippen LogP contribution in [-0.4, -0.2) is 55.0 Å². The van der Waals surface area contributed by atoms with Crippen LogP contribution in [0.2, 0.25) is 0 Å². The van der Waals surface area contributed by atoms with E-state index in [1.54, 1.807) is 7.11 Å². The van der Waals surface area contributed by atoms with Crippen molar-refractivity contribution in [2.24, 2.45) is 0 Å². The maximum absolute atomic E-state index is 12.4. The molecule has 138 valence electrons. The van der Waals surface area contributed by atoms with Gasteiger partial charge in [-0.15, -0.1) is 0 Å². The summed E-state index contributed by atoms with van der Waals surface area (Å²) >= 11 is 0. The summed E-state index contributed by atoms with van der Waals surface area (Å²) in [5.41, 5.74) is 1.16. The van der Waals surface area contributed by atoms with Crippen LogP contribution in [-0.2, 0) is 20.8 Å². The van der Waals surface area contributed by atoms with Crippen molar-refractivity contribution in [3.8, 4) is 5.75 Å². The molecule has 0 aliphatic carbocycles. The summed E-state index contributed by atoms with van der Waals surface area (Å²) in [7, 11) is 1.59. The van der Waals surface area contributed by atoms with Crippen LogP contribution in [0.1, 0.15) is 15.9 Å². The fourth-order valence-corrected chi connectivity index (χ4v) is 2.42. The molecule has 2 heterocycles. The highest BCUT2D eigenvalue weighted by Gasteiger charge is 2.25. The molecule has 1 aromatic heterocycles. The van der Waals surface area contributed by atoms with Gasteiger partial charge < -0.3 is 24.8 Å². The molecular formula is C17H20N4O5. The highest BCUT2D eigenvalue weighted by atomic mass is 16.6. The Bertz CT molecular complexity index is 753. The second kappa shape index (κ2) is 8.45. The van der Waals surface area contributed by atoms with E-state index in [0.29, 0.717) is 19.8 Å². The standard InChI is InChI=1S/C17H20N4O5/c1-24-12-4-2-11(3-5-12)8-18-16(22)13-9-19-21-15(13)20-17(23)14-10-25-6-7-26-14/h2-5,9,14H,6-8,10H2,1H3,(H,18,22)(H2,19,20,21,23). The van der Waals surface area contributed by atoms with Crippen LogP contribution in [0.5, 0.6) is 5.75 Å². The van der Waals surface area contributed by atoms with Crippen molar-refractivity contribution in [1.82, 2.24) is 15.5 Å². The lowest BCUT2D eigenvalue weighted by molar-refractivity contribution is -0.142. The third-order valence-electron chi connectivity index (χ3n) is 3.85. The van der Waals surface area contributed by atoms with E-state index >= 15 is 0 Å². The highest BCUT2D eigenvalue weighted by Crippen LogP contribution is 2.14. The van der Waals surface area contributed by atoms with Gasteiger partial charge in [0.05, 0.1) is 33.1 Å². The van der Waals surface area contributed by atoms with E-state index in [-0.39, 0.29) is 23.9 Å². The van der Waals surface area contributed by atoms with Crippen molar-refractivity contribution >= 4 is 17.6 Å². The van der Waals surface area contributed by atoms with E-state index in [1.165, 1.54) is 6.20 Å². The van der Waals surface area contributed by atoms with Gasteiger partial charge in [0.2, 0.25) is 0 Å². The fourth-order valence-electron chi connectivity index (χ4n) is 2.42. The second-order valence-corrected chi connectivity index (χ2v) is 5.61. The molecule has 0 spiro atoms. The molecule has 3 rings (SSSR count). The first-order valence-corrected chi connectivity index (χ1v) is 8.12.